The quantitative estimate of drug-likeness (QED) is 0.824. The molecule has 1 aromatic rings. The van der Waals surface area contributed by atoms with Crippen molar-refractivity contribution in [3.63, 3.8) is 0 Å². The Morgan fingerprint density at radius 1 is 1.45 bits per heavy atom. The van der Waals surface area contributed by atoms with Gasteiger partial charge in [-0.25, -0.2) is 0 Å². The van der Waals surface area contributed by atoms with Gasteiger partial charge in [-0.3, -0.25) is 9.00 Å². The molecule has 1 aliphatic heterocycles. The van der Waals surface area contributed by atoms with Gasteiger partial charge >= 0.3 is 0 Å². The zero-order chi connectivity index (χ0) is 14.5. The maximum Gasteiger partial charge on any atom is 0.237 e. The molecule has 1 aromatic carbocycles. The minimum Gasteiger partial charge on any atom is -0.398 e. The topological polar surface area (TPSA) is 81.4 Å². The van der Waals surface area contributed by atoms with Gasteiger partial charge in [0.15, 0.2) is 0 Å². The lowest BCUT2D eigenvalue weighted by Crippen LogP contribution is -2.30. The van der Waals surface area contributed by atoms with E-state index in [0.29, 0.717) is 24.6 Å². The number of nitrogens with one attached hydrogen (secondary N) is 1. The lowest BCUT2D eigenvalue weighted by molar-refractivity contribution is -0.113. The number of carbonyl (C=O) groups is 1. The van der Waals surface area contributed by atoms with Gasteiger partial charge < -0.3 is 15.8 Å². The summed E-state index contributed by atoms with van der Waals surface area (Å²) in [5, 5.41) is 2.84. The van der Waals surface area contributed by atoms with Crippen LogP contribution in [0.25, 0.3) is 0 Å². The molecule has 0 spiro atoms. The highest BCUT2D eigenvalue weighted by atomic mass is 32.2. The molecular weight excluding hydrogens is 276 g/mol. The number of anilines is 2. The SMILES string of the molecule is Cc1c(N)cccc1NC(=O)CS(=O)C1CCOCC1. The van der Waals surface area contributed by atoms with E-state index in [2.05, 4.69) is 5.32 Å². The standard InChI is InChI=1S/C14H20N2O3S/c1-10-12(15)3-2-4-13(10)16-14(17)9-20(18)11-5-7-19-8-6-11/h2-4,11H,5-9,15H2,1H3,(H,16,17). The van der Waals surface area contributed by atoms with E-state index in [1.165, 1.54) is 0 Å². The molecule has 1 amide bonds. The van der Waals surface area contributed by atoms with Crippen LogP contribution < -0.4 is 11.1 Å². The Kier molecular flexibility index (Phi) is 5.14. The van der Waals surface area contributed by atoms with Gasteiger partial charge in [-0.15, -0.1) is 0 Å². The first kappa shape index (κ1) is 15.0. The summed E-state index contributed by atoms with van der Waals surface area (Å²) in [7, 11) is -1.15. The second kappa shape index (κ2) is 6.85. The van der Waals surface area contributed by atoms with Crippen molar-refractivity contribution >= 4 is 28.1 Å². The van der Waals surface area contributed by atoms with Crippen LogP contribution in [0.1, 0.15) is 18.4 Å². The van der Waals surface area contributed by atoms with Crippen LogP contribution in [0.4, 0.5) is 11.4 Å². The smallest absolute Gasteiger partial charge is 0.237 e. The van der Waals surface area contributed by atoms with Crippen molar-refractivity contribution in [1.82, 2.24) is 0 Å². The molecule has 1 fully saturated rings. The molecule has 0 radical (unpaired) electrons. The van der Waals surface area contributed by atoms with E-state index in [1.807, 2.05) is 6.92 Å². The van der Waals surface area contributed by atoms with Gasteiger partial charge in [0.05, 0.1) is 0 Å². The number of nitrogen functional groups attached to an aromatic ring is 1. The molecule has 0 aliphatic carbocycles. The maximum absolute atomic E-state index is 12.1. The molecule has 0 bridgehead atoms. The summed E-state index contributed by atoms with van der Waals surface area (Å²) in [6.45, 7) is 3.11. The third-order valence-corrected chi connectivity index (χ3v) is 5.22. The van der Waals surface area contributed by atoms with E-state index in [1.54, 1.807) is 18.2 Å². The fraction of sp³-hybridized carbons (Fsp3) is 0.500. The number of benzene rings is 1. The monoisotopic (exact) mass is 296 g/mol. The molecule has 0 aromatic heterocycles. The number of ether oxygens (including phenoxy) is 1. The van der Waals surface area contributed by atoms with Crippen LogP contribution in [0.3, 0.4) is 0 Å². The second-order valence-electron chi connectivity index (χ2n) is 4.90. The van der Waals surface area contributed by atoms with Crippen LogP contribution in [-0.4, -0.2) is 34.3 Å². The molecule has 1 saturated heterocycles. The lowest BCUT2D eigenvalue weighted by Gasteiger charge is -2.21. The second-order valence-corrected chi connectivity index (χ2v) is 6.62. The van der Waals surface area contributed by atoms with Crippen LogP contribution in [0.15, 0.2) is 18.2 Å². The molecule has 1 unspecified atom stereocenters. The van der Waals surface area contributed by atoms with E-state index in [0.717, 1.165) is 18.4 Å². The average Bonchev–Trinajstić information content (AvgIpc) is 2.45. The number of carbonyl (C=O) groups excluding carboxylic acids is 1. The van der Waals surface area contributed by atoms with Crippen LogP contribution in [0.5, 0.6) is 0 Å². The predicted molar refractivity (Wildman–Crippen MR) is 81.1 cm³/mol. The van der Waals surface area contributed by atoms with E-state index in [4.69, 9.17) is 10.5 Å². The van der Waals surface area contributed by atoms with E-state index < -0.39 is 10.8 Å². The van der Waals surface area contributed by atoms with Crippen LogP contribution in [-0.2, 0) is 20.3 Å². The summed E-state index contributed by atoms with van der Waals surface area (Å²) in [4.78, 5) is 12.0. The fourth-order valence-corrected chi connectivity index (χ4v) is 3.45. The fourth-order valence-electron chi connectivity index (χ4n) is 2.16. The molecule has 1 atom stereocenters. The number of rotatable bonds is 4. The molecular formula is C14H20N2O3S. The summed E-state index contributed by atoms with van der Waals surface area (Å²) in [5.41, 5.74) is 7.93. The van der Waals surface area contributed by atoms with Crippen LogP contribution >= 0.6 is 0 Å². The summed E-state index contributed by atoms with van der Waals surface area (Å²) in [6.07, 6.45) is 1.52. The van der Waals surface area contributed by atoms with E-state index in [-0.39, 0.29) is 16.9 Å². The molecule has 6 heteroatoms. The third kappa shape index (κ3) is 3.80. The molecule has 0 saturated carbocycles. The van der Waals surface area contributed by atoms with Crippen molar-refractivity contribution in [3.8, 4) is 0 Å². The van der Waals surface area contributed by atoms with Crippen molar-refractivity contribution in [2.24, 2.45) is 0 Å². The molecule has 2 rings (SSSR count). The van der Waals surface area contributed by atoms with E-state index in [9.17, 15) is 9.00 Å². The first-order valence-corrected chi connectivity index (χ1v) is 8.06. The van der Waals surface area contributed by atoms with Gasteiger partial charge in [-0.05, 0) is 37.5 Å². The number of hydrogen-bond acceptors (Lipinski definition) is 4. The number of hydrogen-bond donors (Lipinski definition) is 2. The number of nitrogens with two attached hydrogens (primary N) is 1. The summed E-state index contributed by atoms with van der Waals surface area (Å²) >= 11 is 0. The van der Waals surface area contributed by atoms with Gasteiger partial charge in [0.1, 0.15) is 5.75 Å². The average molecular weight is 296 g/mol. The van der Waals surface area contributed by atoms with Gasteiger partial charge in [0, 0.05) is 40.6 Å². The Labute approximate surface area is 121 Å². The van der Waals surface area contributed by atoms with Crippen molar-refractivity contribution in [1.29, 1.82) is 0 Å². The molecule has 1 aliphatic rings. The predicted octanol–water partition coefficient (Wildman–Crippen LogP) is 1.44. The summed E-state index contributed by atoms with van der Waals surface area (Å²) < 4.78 is 17.4. The highest BCUT2D eigenvalue weighted by Crippen LogP contribution is 2.20. The zero-order valence-corrected chi connectivity index (χ0v) is 12.4. The van der Waals surface area contributed by atoms with Crippen molar-refractivity contribution < 1.29 is 13.7 Å². The molecule has 20 heavy (non-hydrogen) atoms. The van der Waals surface area contributed by atoms with Crippen molar-refractivity contribution in [2.75, 3.05) is 30.0 Å². The highest BCUT2D eigenvalue weighted by Gasteiger charge is 2.22. The Balaban J connectivity index is 1.91. The summed E-state index contributed by atoms with van der Waals surface area (Å²) in [6, 6.07) is 5.36. The number of amides is 1. The molecule has 3 N–H and O–H groups in total. The minimum absolute atomic E-state index is 0.0267. The largest absolute Gasteiger partial charge is 0.398 e. The van der Waals surface area contributed by atoms with Crippen molar-refractivity contribution in [3.05, 3.63) is 23.8 Å². The summed E-state index contributed by atoms with van der Waals surface area (Å²) in [5.74, 6) is -0.206. The normalized spacial score (nSPS) is 17.6. The first-order chi connectivity index (χ1) is 9.58. The Hall–Kier alpha value is -1.40. The third-order valence-electron chi connectivity index (χ3n) is 3.46. The van der Waals surface area contributed by atoms with Crippen LogP contribution in [0, 0.1) is 6.92 Å². The van der Waals surface area contributed by atoms with Gasteiger partial charge in [0.2, 0.25) is 5.91 Å². The Bertz CT molecular complexity index is 513. The van der Waals surface area contributed by atoms with Crippen LogP contribution in [0.2, 0.25) is 0 Å². The Morgan fingerprint density at radius 2 is 2.15 bits per heavy atom. The molecule has 1 heterocycles. The van der Waals surface area contributed by atoms with Gasteiger partial charge in [-0.2, -0.15) is 0 Å². The highest BCUT2D eigenvalue weighted by molar-refractivity contribution is 7.86. The molecule has 110 valence electrons. The van der Waals surface area contributed by atoms with Crippen molar-refractivity contribution in [2.45, 2.75) is 25.0 Å². The zero-order valence-electron chi connectivity index (χ0n) is 11.6. The van der Waals surface area contributed by atoms with Gasteiger partial charge in [-0.1, -0.05) is 6.07 Å². The molecule has 5 nitrogen and oxygen atoms in total. The first-order valence-electron chi connectivity index (χ1n) is 6.68. The minimum atomic E-state index is -1.15. The Morgan fingerprint density at radius 3 is 2.85 bits per heavy atom. The van der Waals surface area contributed by atoms with E-state index >= 15 is 0 Å². The maximum atomic E-state index is 12.1. The van der Waals surface area contributed by atoms with Gasteiger partial charge in [0.25, 0.3) is 0 Å². The lowest BCUT2D eigenvalue weighted by atomic mass is 10.1.